The van der Waals surface area contributed by atoms with E-state index in [1.165, 1.54) is 0 Å². The van der Waals surface area contributed by atoms with Crippen LogP contribution < -0.4 is 5.32 Å². The minimum atomic E-state index is -2.99. The molecule has 0 aromatic rings. The zero-order valence-electron chi connectivity index (χ0n) is 11.5. The van der Waals surface area contributed by atoms with Gasteiger partial charge in [-0.25, -0.2) is 8.42 Å². The van der Waals surface area contributed by atoms with Gasteiger partial charge in [-0.1, -0.05) is 0 Å². The number of hydrogen-bond donors (Lipinski definition) is 1. The number of nitrogens with zero attached hydrogens (tertiary/aromatic N) is 1. The van der Waals surface area contributed by atoms with Crippen molar-refractivity contribution >= 4 is 9.84 Å². The van der Waals surface area contributed by atoms with Crippen molar-refractivity contribution in [2.45, 2.75) is 44.9 Å². The van der Waals surface area contributed by atoms with E-state index in [4.69, 9.17) is 0 Å². The third kappa shape index (κ3) is 4.23. The average molecular weight is 262 g/mol. The fraction of sp³-hybridized carbons (Fsp3) is 1.00. The highest BCUT2D eigenvalue weighted by Crippen LogP contribution is 2.16. The van der Waals surface area contributed by atoms with Gasteiger partial charge in [-0.05, 0) is 40.7 Å². The summed E-state index contributed by atoms with van der Waals surface area (Å²) in [5, 5.41) is 3.34. The van der Waals surface area contributed by atoms with Crippen molar-refractivity contribution in [2.75, 3.05) is 31.9 Å². The molecule has 1 saturated heterocycles. The predicted octanol–water partition coefficient (Wildman–Crippen LogP) is 0.884. The van der Waals surface area contributed by atoms with Crippen LogP contribution in [0.15, 0.2) is 0 Å². The van der Waals surface area contributed by atoms with Crippen LogP contribution in [0, 0.1) is 0 Å². The Morgan fingerprint density at radius 2 is 1.94 bits per heavy atom. The molecule has 0 amide bonds. The predicted molar refractivity (Wildman–Crippen MR) is 72.1 cm³/mol. The molecule has 1 aliphatic rings. The molecule has 102 valence electrons. The van der Waals surface area contributed by atoms with E-state index in [-0.39, 0.29) is 5.75 Å². The van der Waals surface area contributed by atoms with Crippen LogP contribution in [0.5, 0.6) is 0 Å². The number of nitrogens with one attached hydrogen (secondary N) is 1. The molecule has 1 rings (SSSR count). The van der Waals surface area contributed by atoms with E-state index in [1.807, 2.05) is 0 Å². The lowest BCUT2D eigenvalue weighted by Crippen LogP contribution is -2.41. The molecule has 0 aromatic carbocycles. The molecule has 0 aliphatic carbocycles. The molecule has 1 unspecified atom stereocenters. The van der Waals surface area contributed by atoms with E-state index in [0.29, 0.717) is 12.6 Å². The van der Waals surface area contributed by atoms with Crippen molar-refractivity contribution in [1.29, 1.82) is 0 Å². The van der Waals surface area contributed by atoms with Gasteiger partial charge in [-0.2, -0.15) is 0 Å². The van der Waals surface area contributed by atoms with Crippen molar-refractivity contribution in [3.63, 3.8) is 0 Å². The molecule has 0 aromatic heterocycles. The molecule has 0 saturated carbocycles. The van der Waals surface area contributed by atoms with Gasteiger partial charge >= 0.3 is 0 Å². The van der Waals surface area contributed by atoms with Gasteiger partial charge in [-0.3, -0.25) is 4.90 Å². The molecular formula is C12H26N2O2S. The van der Waals surface area contributed by atoms with Crippen LogP contribution in [0.4, 0.5) is 0 Å². The lowest BCUT2D eigenvalue weighted by atomic mass is 10.2. The first kappa shape index (κ1) is 14.9. The monoisotopic (exact) mass is 262 g/mol. The second-order valence-corrected chi connectivity index (χ2v) is 8.72. The largest absolute Gasteiger partial charge is 0.315 e. The van der Waals surface area contributed by atoms with E-state index in [0.717, 1.165) is 26.1 Å². The fourth-order valence-electron chi connectivity index (χ4n) is 1.94. The van der Waals surface area contributed by atoms with Gasteiger partial charge < -0.3 is 5.32 Å². The second kappa shape index (κ2) is 5.67. The minimum Gasteiger partial charge on any atom is -0.315 e. The van der Waals surface area contributed by atoms with Gasteiger partial charge in [0, 0.05) is 25.7 Å². The van der Waals surface area contributed by atoms with Crippen LogP contribution in [0.1, 0.15) is 34.1 Å². The molecule has 1 atom stereocenters. The zero-order chi connectivity index (χ0) is 13.1. The normalized spacial score (nSPS) is 24.6. The highest BCUT2D eigenvalue weighted by Gasteiger charge is 2.29. The first-order valence-electron chi connectivity index (χ1n) is 6.41. The molecule has 0 spiro atoms. The summed E-state index contributed by atoms with van der Waals surface area (Å²) in [6.07, 6.45) is 1.09. The van der Waals surface area contributed by atoms with E-state index in [1.54, 1.807) is 20.8 Å². The maximum Gasteiger partial charge on any atom is 0.156 e. The number of rotatable bonds is 3. The van der Waals surface area contributed by atoms with Crippen LogP contribution in [-0.4, -0.2) is 56.0 Å². The Bertz CT molecular complexity index is 333. The van der Waals surface area contributed by atoms with Crippen molar-refractivity contribution < 1.29 is 8.42 Å². The Balaban J connectivity index is 2.55. The quantitative estimate of drug-likeness (QED) is 0.820. The first-order chi connectivity index (χ1) is 7.74. The molecule has 1 heterocycles. The lowest BCUT2D eigenvalue weighted by Gasteiger charge is -2.28. The van der Waals surface area contributed by atoms with E-state index in [9.17, 15) is 8.42 Å². The van der Waals surface area contributed by atoms with Crippen LogP contribution in [0.3, 0.4) is 0 Å². The second-order valence-electron chi connectivity index (χ2n) is 5.85. The van der Waals surface area contributed by atoms with Gasteiger partial charge in [0.05, 0.1) is 10.5 Å². The summed E-state index contributed by atoms with van der Waals surface area (Å²) in [6, 6.07) is 0.472. The molecule has 5 heteroatoms. The summed E-state index contributed by atoms with van der Waals surface area (Å²) in [5.74, 6) is 0.265. The Kier molecular flexibility index (Phi) is 4.98. The molecular weight excluding hydrogens is 236 g/mol. The number of sulfone groups is 1. The Morgan fingerprint density at radius 1 is 1.29 bits per heavy atom. The van der Waals surface area contributed by atoms with Crippen LogP contribution >= 0.6 is 0 Å². The number of hydrogen-bond acceptors (Lipinski definition) is 4. The molecule has 4 nitrogen and oxygen atoms in total. The molecule has 1 aliphatic heterocycles. The summed E-state index contributed by atoms with van der Waals surface area (Å²) < 4.78 is 23.5. The van der Waals surface area contributed by atoms with E-state index >= 15 is 0 Å². The van der Waals surface area contributed by atoms with Crippen LogP contribution in [0.25, 0.3) is 0 Å². The highest BCUT2D eigenvalue weighted by molar-refractivity contribution is 7.92. The topological polar surface area (TPSA) is 49.4 Å². The van der Waals surface area contributed by atoms with Gasteiger partial charge in [0.15, 0.2) is 9.84 Å². The third-order valence-electron chi connectivity index (χ3n) is 3.52. The zero-order valence-corrected chi connectivity index (χ0v) is 12.3. The lowest BCUT2D eigenvalue weighted by molar-refractivity contribution is 0.233. The van der Waals surface area contributed by atoms with E-state index < -0.39 is 14.6 Å². The smallest absolute Gasteiger partial charge is 0.156 e. The van der Waals surface area contributed by atoms with Crippen LogP contribution in [-0.2, 0) is 9.84 Å². The van der Waals surface area contributed by atoms with Gasteiger partial charge in [0.1, 0.15) is 0 Å². The fourth-order valence-corrected chi connectivity index (χ4v) is 3.02. The van der Waals surface area contributed by atoms with E-state index in [2.05, 4.69) is 17.1 Å². The van der Waals surface area contributed by atoms with Crippen molar-refractivity contribution in [3.8, 4) is 0 Å². The Morgan fingerprint density at radius 3 is 2.53 bits per heavy atom. The summed E-state index contributed by atoms with van der Waals surface area (Å²) >= 11 is 0. The third-order valence-corrected chi connectivity index (χ3v) is 6.10. The standard InChI is InChI=1S/C12H26N2O2S/c1-11-5-6-13-7-8-14(11)9-10-17(15,16)12(2,3)4/h11,13H,5-10H2,1-4H3. The maximum absolute atomic E-state index is 12.0. The van der Waals surface area contributed by atoms with Crippen LogP contribution in [0.2, 0.25) is 0 Å². The summed E-state index contributed by atoms with van der Waals surface area (Å²) in [7, 11) is -2.99. The van der Waals surface area contributed by atoms with Gasteiger partial charge in [0.2, 0.25) is 0 Å². The summed E-state index contributed by atoms with van der Waals surface area (Å²) in [5.41, 5.74) is 0. The summed E-state index contributed by atoms with van der Waals surface area (Å²) in [6.45, 7) is 11.1. The first-order valence-corrected chi connectivity index (χ1v) is 8.06. The molecule has 1 N–H and O–H groups in total. The van der Waals surface area contributed by atoms with Gasteiger partial charge in [0.25, 0.3) is 0 Å². The maximum atomic E-state index is 12.0. The molecule has 1 fully saturated rings. The van der Waals surface area contributed by atoms with Crippen molar-refractivity contribution in [3.05, 3.63) is 0 Å². The summed E-state index contributed by atoms with van der Waals surface area (Å²) in [4.78, 5) is 2.28. The average Bonchev–Trinajstić information content (AvgIpc) is 2.38. The highest BCUT2D eigenvalue weighted by atomic mass is 32.2. The Labute approximate surface area is 106 Å². The SMILES string of the molecule is CC1CCNCCN1CCS(=O)(=O)C(C)(C)C. The van der Waals surface area contributed by atoms with Crippen molar-refractivity contribution in [1.82, 2.24) is 10.2 Å². The minimum absolute atomic E-state index is 0.265. The Hall–Kier alpha value is -0.130. The molecule has 17 heavy (non-hydrogen) atoms. The molecule has 0 bridgehead atoms. The van der Waals surface area contributed by atoms with Crippen molar-refractivity contribution in [2.24, 2.45) is 0 Å². The van der Waals surface area contributed by atoms with Gasteiger partial charge in [-0.15, -0.1) is 0 Å². The molecule has 0 radical (unpaired) electrons.